The van der Waals surface area contributed by atoms with Crippen LogP contribution in [0.15, 0.2) is 47.1 Å². The molecule has 0 bridgehead atoms. The number of rotatable bonds is 6. The summed E-state index contributed by atoms with van der Waals surface area (Å²) in [6.45, 7) is 1.23. The number of nitrogens with one attached hydrogen (secondary N) is 1. The van der Waals surface area contributed by atoms with Crippen molar-refractivity contribution >= 4 is 17.5 Å². The molecular weight excluding hydrogens is 440 g/mol. The molecule has 9 heteroatoms. The van der Waals surface area contributed by atoms with Crippen LogP contribution >= 0.6 is 11.6 Å². The highest BCUT2D eigenvalue weighted by Gasteiger charge is 2.39. The summed E-state index contributed by atoms with van der Waals surface area (Å²) in [4.78, 5) is 15.5. The maximum atomic E-state index is 13.3. The summed E-state index contributed by atoms with van der Waals surface area (Å²) < 4.78 is 7.88. The summed E-state index contributed by atoms with van der Waals surface area (Å²) in [5.74, 6) is 1.68. The summed E-state index contributed by atoms with van der Waals surface area (Å²) in [6.07, 6.45) is 9.32. The van der Waals surface area contributed by atoms with Gasteiger partial charge >= 0.3 is 0 Å². The molecule has 1 aliphatic carbocycles. The van der Waals surface area contributed by atoms with E-state index < -0.39 is 0 Å². The molecule has 1 amide bonds. The number of carbonyl (C=O) groups is 1. The minimum Gasteiger partial charge on any atom is -0.460 e. The number of likely N-dealkylation sites (tertiary alicyclic amines) is 1. The Morgan fingerprint density at radius 3 is 2.76 bits per heavy atom. The fourth-order valence-electron chi connectivity index (χ4n) is 5.04. The third kappa shape index (κ3) is 5.28. The predicted octanol–water partition coefficient (Wildman–Crippen LogP) is 4.24. The molecule has 3 heterocycles. The van der Waals surface area contributed by atoms with Crippen molar-refractivity contribution in [2.75, 3.05) is 6.54 Å². The van der Waals surface area contributed by atoms with Crippen LogP contribution in [0.4, 0.5) is 0 Å². The van der Waals surface area contributed by atoms with Gasteiger partial charge in [-0.05, 0) is 54.0 Å². The Hall–Kier alpha value is -2.71. The lowest BCUT2D eigenvalue weighted by atomic mass is 10.1. The van der Waals surface area contributed by atoms with E-state index in [0.717, 1.165) is 29.9 Å². The van der Waals surface area contributed by atoms with Gasteiger partial charge in [-0.2, -0.15) is 0 Å². The lowest BCUT2D eigenvalue weighted by Gasteiger charge is -2.25. The number of hydrogen-bond acceptors (Lipinski definition) is 6. The summed E-state index contributed by atoms with van der Waals surface area (Å²) in [6, 6.07) is 11.6. The topological polar surface area (TPSA) is 89.1 Å². The van der Waals surface area contributed by atoms with Crippen molar-refractivity contribution in [3.05, 3.63) is 53.5 Å². The molecule has 2 aliphatic rings. The minimum atomic E-state index is -0.248. The fraction of sp³-hybridized carbons (Fsp3) is 0.500. The van der Waals surface area contributed by atoms with Crippen LogP contribution in [-0.2, 0) is 11.3 Å². The number of halogens is 1. The van der Waals surface area contributed by atoms with Gasteiger partial charge < -0.3 is 9.73 Å². The van der Waals surface area contributed by atoms with Crippen molar-refractivity contribution in [2.24, 2.45) is 0 Å². The van der Waals surface area contributed by atoms with Crippen molar-refractivity contribution in [3.8, 4) is 11.3 Å². The standard InChI is InChI=1S/C24H29ClN6O2/c25-18-7-5-6-17(12-18)23-11-10-21(33-23)15-30-14-20(31-16-26-28-29-31)13-22(30)24(32)27-19-8-3-1-2-4-9-19/h5-7,10-12,16,19-20,22H,1-4,8-9,13-15H2,(H,27,32)/t20-,22-/m0/s1. The first-order chi connectivity index (χ1) is 16.2. The van der Waals surface area contributed by atoms with E-state index in [9.17, 15) is 4.79 Å². The Labute approximate surface area is 198 Å². The molecule has 0 spiro atoms. The highest BCUT2D eigenvalue weighted by molar-refractivity contribution is 6.30. The first-order valence-corrected chi connectivity index (χ1v) is 12.1. The molecule has 5 rings (SSSR count). The number of benzene rings is 1. The third-order valence-corrected chi connectivity index (χ3v) is 6.99. The molecule has 0 radical (unpaired) electrons. The van der Waals surface area contributed by atoms with E-state index in [0.29, 0.717) is 24.5 Å². The highest BCUT2D eigenvalue weighted by Crippen LogP contribution is 2.31. The van der Waals surface area contributed by atoms with Gasteiger partial charge in [-0.25, -0.2) is 4.68 Å². The number of amides is 1. The second kappa shape index (κ2) is 10.1. The molecule has 1 saturated heterocycles. The molecule has 3 aromatic rings. The fourth-order valence-corrected chi connectivity index (χ4v) is 5.23. The van der Waals surface area contributed by atoms with Crippen LogP contribution in [0.5, 0.6) is 0 Å². The lowest BCUT2D eigenvalue weighted by molar-refractivity contribution is -0.126. The van der Waals surface area contributed by atoms with Crippen LogP contribution in [0.1, 0.15) is 56.7 Å². The maximum Gasteiger partial charge on any atom is 0.237 e. The molecule has 2 atom stereocenters. The number of furan rings is 1. The Balaban J connectivity index is 1.31. The SMILES string of the molecule is O=C(NC1CCCCCC1)[C@@H]1C[C@H](n2cnnn2)CN1Cc1ccc(-c2cccc(Cl)c2)o1. The van der Waals surface area contributed by atoms with E-state index in [2.05, 4.69) is 25.7 Å². The molecule has 33 heavy (non-hydrogen) atoms. The first kappa shape index (κ1) is 22.1. The van der Waals surface area contributed by atoms with Crippen molar-refractivity contribution in [2.45, 2.75) is 69.6 Å². The average Bonchev–Trinajstić information content (AvgIpc) is 3.54. The molecule has 2 fully saturated rings. The van der Waals surface area contributed by atoms with Gasteiger partial charge in [-0.3, -0.25) is 9.69 Å². The smallest absolute Gasteiger partial charge is 0.237 e. The second-order valence-corrected chi connectivity index (χ2v) is 9.53. The summed E-state index contributed by atoms with van der Waals surface area (Å²) >= 11 is 6.14. The summed E-state index contributed by atoms with van der Waals surface area (Å²) in [5, 5.41) is 15.6. The quantitative estimate of drug-likeness (QED) is 0.544. The van der Waals surface area contributed by atoms with E-state index in [1.807, 2.05) is 36.4 Å². The van der Waals surface area contributed by atoms with Crippen LogP contribution in [0, 0.1) is 0 Å². The molecule has 1 saturated carbocycles. The first-order valence-electron chi connectivity index (χ1n) is 11.8. The number of hydrogen-bond donors (Lipinski definition) is 1. The van der Waals surface area contributed by atoms with E-state index in [-0.39, 0.29) is 24.0 Å². The van der Waals surface area contributed by atoms with Gasteiger partial charge in [0, 0.05) is 23.2 Å². The molecule has 1 aliphatic heterocycles. The predicted molar refractivity (Wildman–Crippen MR) is 124 cm³/mol. The molecule has 0 unspecified atom stereocenters. The highest BCUT2D eigenvalue weighted by atomic mass is 35.5. The van der Waals surface area contributed by atoms with Gasteiger partial charge in [0.2, 0.25) is 5.91 Å². The van der Waals surface area contributed by atoms with E-state index in [4.69, 9.17) is 16.0 Å². The number of carbonyl (C=O) groups excluding carboxylic acids is 1. The third-order valence-electron chi connectivity index (χ3n) is 6.75. The lowest BCUT2D eigenvalue weighted by Crippen LogP contribution is -2.46. The Morgan fingerprint density at radius 1 is 1.15 bits per heavy atom. The zero-order chi connectivity index (χ0) is 22.6. The van der Waals surface area contributed by atoms with E-state index >= 15 is 0 Å². The van der Waals surface area contributed by atoms with Crippen molar-refractivity contribution in [1.29, 1.82) is 0 Å². The maximum absolute atomic E-state index is 13.3. The summed E-state index contributed by atoms with van der Waals surface area (Å²) in [7, 11) is 0. The monoisotopic (exact) mass is 468 g/mol. The molecule has 1 aromatic carbocycles. The van der Waals surface area contributed by atoms with Crippen molar-refractivity contribution in [3.63, 3.8) is 0 Å². The normalized spacial score (nSPS) is 22.3. The van der Waals surface area contributed by atoms with Crippen molar-refractivity contribution < 1.29 is 9.21 Å². The zero-order valence-corrected chi connectivity index (χ0v) is 19.3. The second-order valence-electron chi connectivity index (χ2n) is 9.10. The summed E-state index contributed by atoms with van der Waals surface area (Å²) in [5.41, 5.74) is 0.935. The van der Waals surface area contributed by atoms with Gasteiger partial charge in [0.25, 0.3) is 0 Å². The number of tetrazole rings is 1. The van der Waals surface area contributed by atoms with Gasteiger partial charge in [-0.15, -0.1) is 5.10 Å². The number of aromatic nitrogens is 4. The van der Waals surface area contributed by atoms with Crippen LogP contribution in [0.3, 0.4) is 0 Å². The number of nitrogens with zero attached hydrogens (tertiary/aromatic N) is 5. The molecule has 1 N–H and O–H groups in total. The van der Waals surface area contributed by atoms with E-state index in [1.165, 1.54) is 25.7 Å². The van der Waals surface area contributed by atoms with Gasteiger partial charge in [0.1, 0.15) is 17.8 Å². The molecule has 2 aromatic heterocycles. The van der Waals surface area contributed by atoms with Gasteiger partial charge in [0.05, 0.1) is 18.6 Å². The largest absolute Gasteiger partial charge is 0.460 e. The molecule has 8 nitrogen and oxygen atoms in total. The Bertz CT molecular complexity index is 1060. The average molecular weight is 469 g/mol. The Morgan fingerprint density at radius 2 is 2.00 bits per heavy atom. The van der Waals surface area contributed by atoms with Crippen LogP contribution in [0.25, 0.3) is 11.3 Å². The Kier molecular flexibility index (Phi) is 6.73. The van der Waals surface area contributed by atoms with Crippen molar-refractivity contribution in [1.82, 2.24) is 30.4 Å². The zero-order valence-electron chi connectivity index (χ0n) is 18.6. The molecular formula is C24H29ClN6O2. The minimum absolute atomic E-state index is 0.0484. The molecule has 174 valence electrons. The van der Waals surface area contributed by atoms with Crippen LogP contribution < -0.4 is 5.32 Å². The van der Waals surface area contributed by atoms with Gasteiger partial charge in [-0.1, -0.05) is 49.4 Å². The van der Waals surface area contributed by atoms with Gasteiger partial charge in [0.15, 0.2) is 0 Å². The van der Waals surface area contributed by atoms with E-state index in [1.54, 1.807) is 11.0 Å². The van der Waals surface area contributed by atoms with Crippen LogP contribution in [0.2, 0.25) is 5.02 Å². The van der Waals surface area contributed by atoms with Crippen LogP contribution in [-0.4, -0.2) is 49.6 Å².